The molecule has 0 spiro atoms. The van der Waals surface area contributed by atoms with Crippen molar-refractivity contribution in [3.05, 3.63) is 16.8 Å². The van der Waals surface area contributed by atoms with Gasteiger partial charge in [-0.25, -0.2) is 4.98 Å². The van der Waals surface area contributed by atoms with Crippen LogP contribution < -0.4 is 16.0 Å². The van der Waals surface area contributed by atoms with Crippen LogP contribution in [0.25, 0.3) is 11.0 Å². The lowest BCUT2D eigenvalue weighted by atomic mass is 10.0. The van der Waals surface area contributed by atoms with Gasteiger partial charge in [-0.3, -0.25) is 0 Å². The predicted octanol–water partition coefficient (Wildman–Crippen LogP) is 2.18. The minimum atomic E-state index is -0.522. The normalized spacial score (nSPS) is 15.6. The number of fused-ring (bicyclic) bond motifs is 2. The molecule has 2 heterocycles. The molecule has 0 radical (unpaired) electrons. The summed E-state index contributed by atoms with van der Waals surface area (Å²) in [4.78, 5) is 16.4. The number of aliphatic hydroxyl groups is 1. The highest BCUT2D eigenvalue weighted by atomic mass is 16.3. The average molecular weight is 373 g/mol. The number of nitrogens with two attached hydrogens (primary N) is 1. The van der Waals surface area contributed by atoms with Crippen LogP contribution in [-0.2, 0) is 12.8 Å². The highest BCUT2D eigenvalue weighted by Gasteiger charge is 2.22. The molecule has 0 aromatic carbocycles. The van der Waals surface area contributed by atoms with Crippen LogP contribution in [0.5, 0.6) is 0 Å². The first-order valence-electron chi connectivity index (χ1n) is 9.96. The SMILES string of the molecule is CCCC(C[C@@H](O)CN)Nc1nc(N(C)C)c2c(C)c3c(nc2n1)CCC3. The highest BCUT2D eigenvalue weighted by molar-refractivity contribution is 5.92. The zero-order valence-electron chi connectivity index (χ0n) is 16.9. The van der Waals surface area contributed by atoms with Crippen LogP contribution in [0.2, 0.25) is 0 Å². The van der Waals surface area contributed by atoms with Crippen molar-refractivity contribution in [2.45, 2.75) is 64.5 Å². The Kier molecular flexibility index (Phi) is 6.11. The number of hydrogen-bond acceptors (Lipinski definition) is 7. The largest absolute Gasteiger partial charge is 0.392 e. The van der Waals surface area contributed by atoms with Crippen LogP contribution in [0.15, 0.2) is 0 Å². The van der Waals surface area contributed by atoms with Crippen LogP contribution in [0.4, 0.5) is 11.8 Å². The number of hydrogen-bond donors (Lipinski definition) is 3. The molecule has 1 aliphatic carbocycles. The molecule has 0 aliphatic heterocycles. The maximum Gasteiger partial charge on any atom is 0.226 e. The van der Waals surface area contributed by atoms with E-state index in [1.165, 1.54) is 16.8 Å². The van der Waals surface area contributed by atoms with Crippen molar-refractivity contribution < 1.29 is 5.11 Å². The van der Waals surface area contributed by atoms with Gasteiger partial charge in [0.15, 0.2) is 5.65 Å². The summed E-state index contributed by atoms with van der Waals surface area (Å²) in [6.45, 7) is 4.55. The second-order valence-electron chi connectivity index (χ2n) is 7.73. The molecule has 0 saturated heterocycles. The van der Waals surface area contributed by atoms with Gasteiger partial charge in [-0.2, -0.15) is 9.97 Å². The lowest BCUT2D eigenvalue weighted by Crippen LogP contribution is -2.30. The maximum atomic E-state index is 9.96. The monoisotopic (exact) mass is 372 g/mol. The molecule has 2 aromatic heterocycles. The molecule has 2 atom stereocenters. The fourth-order valence-corrected chi connectivity index (χ4v) is 3.98. The standard InChI is InChI=1S/C20H32N6O/c1-5-7-13(10-14(27)11-21)22-20-24-18-17(19(25-20)26(3)4)12(2)15-8-6-9-16(15)23-18/h13-14,27H,5-11,21H2,1-4H3,(H,22,23,24,25)/t13?,14-/m1/s1. The number of pyridine rings is 1. The smallest absolute Gasteiger partial charge is 0.226 e. The zero-order valence-corrected chi connectivity index (χ0v) is 16.9. The van der Waals surface area contributed by atoms with Gasteiger partial charge in [0, 0.05) is 32.4 Å². The molecule has 4 N–H and O–H groups in total. The van der Waals surface area contributed by atoms with Gasteiger partial charge in [0.05, 0.1) is 11.5 Å². The van der Waals surface area contributed by atoms with E-state index in [4.69, 9.17) is 20.7 Å². The Labute approximate surface area is 161 Å². The summed E-state index contributed by atoms with van der Waals surface area (Å²) in [6, 6.07) is 0.0801. The van der Waals surface area contributed by atoms with Crippen molar-refractivity contribution in [2.24, 2.45) is 5.73 Å². The van der Waals surface area contributed by atoms with E-state index >= 15 is 0 Å². The van der Waals surface area contributed by atoms with E-state index < -0.39 is 6.10 Å². The first-order valence-corrected chi connectivity index (χ1v) is 9.96. The van der Waals surface area contributed by atoms with E-state index in [-0.39, 0.29) is 12.6 Å². The van der Waals surface area contributed by atoms with E-state index in [1.54, 1.807) is 0 Å². The molecule has 1 unspecified atom stereocenters. The molecule has 7 heteroatoms. The molecule has 1 aliphatic rings. The molecular weight excluding hydrogens is 340 g/mol. The second-order valence-corrected chi connectivity index (χ2v) is 7.73. The quantitative estimate of drug-likeness (QED) is 0.653. The summed E-state index contributed by atoms with van der Waals surface area (Å²) in [5.74, 6) is 1.45. The Balaban J connectivity index is 2.02. The third-order valence-electron chi connectivity index (χ3n) is 5.35. The summed E-state index contributed by atoms with van der Waals surface area (Å²) in [7, 11) is 4.00. The molecule has 148 valence electrons. The number of rotatable bonds is 8. The van der Waals surface area contributed by atoms with E-state index in [2.05, 4.69) is 19.2 Å². The first-order chi connectivity index (χ1) is 12.9. The third kappa shape index (κ3) is 4.14. The molecule has 27 heavy (non-hydrogen) atoms. The van der Waals surface area contributed by atoms with Crippen molar-refractivity contribution in [3.8, 4) is 0 Å². The van der Waals surface area contributed by atoms with Crippen LogP contribution >= 0.6 is 0 Å². The summed E-state index contributed by atoms with van der Waals surface area (Å²) in [5, 5.41) is 14.4. The van der Waals surface area contributed by atoms with Gasteiger partial charge >= 0.3 is 0 Å². The van der Waals surface area contributed by atoms with E-state index in [0.29, 0.717) is 12.4 Å². The van der Waals surface area contributed by atoms with Crippen LogP contribution in [0, 0.1) is 6.92 Å². The lowest BCUT2D eigenvalue weighted by Gasteiger charge is -2.23. The minimum absolute atomic E-state index is 0.0801. The van der Waals surface area contributed by atoms with Crippen LogP contribution in [0.1, 0.15) is 49.4 Å². The van der Waals surface area contributed by atoms with Gasteiger partial charge in [0.25, 0.3) is 0 Å². The van der Waals surface area contributed by atoms with Gasteiger partial charge in [-0.05, 0) is 50.2 Å². The molecule has 7 nitrogen and oxygen atoms in total. The van der Waals surface area contributed by atoms with E-state index in [0.717, 1.165) is 49.0 Å². The summed E-state index contributed by atoms with van der Waals surface area (Å²) in [6.07, 6.45) is 5.26. The number of nitrogens with zero attached hydrogens (tertiary/aromatic N) is 4. The second kappa shape index (κ2) is 8.35. The molecular formula is C20H32N6O. The zero-order chi connectivity index (χ0) is 19.6. The molecule has 0 fully saturated rings. The molecule has 0 amide bonds. The molecule has 3 rings (SSSR count). The first kappa shape index (κ1) is 19.8. The number of aromatic nitrogens is 3. The van der Waals surface area contributed by atoms with Crippen molar-refractivity contribution in [3.63, 3.8) is 0 Å². The predicted molar refractivity (Wildman–Crippen MR) is 110 cm³/mol. The van der Waals surface area contributed by atoms with Gasteiger partial charge in [0.2, 0.25) is 5.95 Å². The van der Waals surface area contributed by atoms with Crippen LogP contribution in [-0.4, -0.2) is 52.8 Å². The fourth-order valence-electron chi connectivity index (χ4n) is 3.98. The molecule has 0 saturated carbocycles. The van der Waals surface area contributed by atoms with Crippen molar-refractivity contribution in [2.75, 3.05) is 30.9 Å². The summed E-state index contributed by atoms with van der Waals surface area (Å²) in [5.41, 5.74) is 10.1. The number of aryl methyl sites for hydroxylation is 2. The third-order valence-corrected chi connectivity index (χ3v) is 5.35. The van der Waals surface area contributed by atoms with E-state index in [1.807, 2.05) is 19.0 Å². The number of aliphatic hydroxyl groups excluding tert-OH is 1. The average Bonchev–Trinajstić information content (AvgIpc) is 3.09. The maximum absolute atomic E-state index is 9.96. The highest BCUT2D eigenvalue weighted by Crippen LogP contribution is 2.33. The Morgan fingerprint density at radius 1 is 1.22 bits per heavy atom. The number of anilines is 2. The number of nitrogens with one attached hydrogen (secondary N) is 1. The molecule has 2 aromatic rings. The van der Waals surface area contributed by atoms with Crippen molar-refractivity contribution >= 4 is 22.8 Å². The molecule has 0 bridgehead atoms. The Morgan fingerprint density at radius 2 is 2.00 bits per heavy atom. The Morgan fingerprint density at radius 3 is 2.67 bits per heavy atom. The van der Waals surface area contributed by atoms with Crippen molar-refractivity contribution in [1.82, 2.24) is 15.0 Å². The van der Waals surface area contributed by atoms with Gasteiger partial charge in [-0.1, -0.05) is 13.3 Å². The van der Waals surface area contributed by atoms with Gasteiger partial charge in [-0.15, -0.1) is 0 Å². The topological polar surface area (TPSA) is 100 Å². The summed E-state index contributed by atoms with van der Waals surface area (Å²) >= 11 is 0. The van der Waals surface area contributed by atoms with E-state index in [9.17, 15) is 5.11 Å². The fraction of sp³-hybridized carbons (Fsp3) is 0.650. The Hall–Kier alpha value is -1.99. The minimum Gasteiger partial charge on any atom is -0.392 e. The lowest BCUT2D eigenvalue weighted by molar-refractivity contribution is 0.164. The van der Waals surface area contributed by atoms with Gasteiger partial charge in [0.1, 0.15) is 5.82 Å². The Bertz CT molecular complexity index is 807. The van der Waals surface area contributed by atoms with Crippen LogP contribution in [0.3, 0.4) is 0 Å². The van der Waals surface area contributed by atoms with Crippen molar-refractivity contribution in [1.29, 1.82) is 0 Å². The summed E-state index contributed by atoms with van der Waals surface area (Å²) < 4.78 is 0. The van der Waals surface area contributed by atoms with Gasteiger partial charge < -0.3 is 21.1 Å².